The van der Waals surface area contributed by atoms with Crippen LogP contribution in [-0.4, -0.2) is 17.6 Å². The smallest absolute Gasteiger partial charge is 0.319 e. The van der Waals surface area contributed by atoms with Crippen LogP contribution in [0.3, 0.4) is 0 Å². The van der Waals surface area contributed by atoms with E-state index in [0.29, 0.717) is 11.9 Å². The third kappa shape index (κ3) is 3.74. The second kappa shape index (κ2) is 7.25. The van der Waals surface area contributed by atoms with Crippen LogP contribution in [0, 0.1) is 6.92 Å². The van der Waals surface area contributed by atoms with Crippen molar-refractivity contribution < 1.29 is 9.21 Å². The number of fused-ring (bicyclic) bond motifs is 1. The van der Waals surface area contributed by atoms with Gasteiger partial charge in [-0.2, -0.15) is 0 Å². The van der Waals surface area contributed by atoms with Crippen LogP contribution in [0.25, 0.3) is 10.9 Å². The molecule has 1 aromatic carbocycles. The van der Waals surface area contributed by atoms with Gasteiger partial charge in [-0.1, -0.05) is 19.1 Å². The topological polar surface area (TPSA) is 87.1 Å². The molecule has 3 aromatic rings. The molecule has 3 rings (SSSR count). The predicted octanol–water partition coefficient (Wildman–Crippen LogP) is 3.74. The normalized spacial score (nSPS) is 12.1. The van der Waals surface area contributed by atoms with Gasteiger partial charge < -0.3 is 20.0 Å². The lowest BCUT2D eigenvalue weighted by Gasteiger charge is -2.11. The molecule has 1 atom stereocenters. The average Bonchev–Trinajstić information content (AvgIpc) is 3.12. The number of urea groups is 1. The lowest BCUT2D eigenvalue weighted by Crippen LogP contribution is -2.32. The summed E-state index contributed by atoms with van der Waals surface area (Å²) in [5, 5.41) is 5.94. The standard InChI is InChI=1S/C19H21N3O3/c1-12(16-7-4-10-25-16)8-9-20-19(24)22-15-11-21-17-13(2)5-3-6-14(17)18(15)23/h3-7,10-12H,8-9H2,1-2H3,(H,21,23)(H2,20,22,24). The summed E-state index contributed by atoms with van der Waals surface area (Å²) < 4.78 is 5.34. The average molecular weight is 339 g/mol. The number of carbonyl (C=O) groups excluding carboxylic acids is 1. The third-order valence-electron chi connectivity index (χ3n) is 4.26. The van der Waals surface area contributed by atoms with Crippen molar-refractivity contribution in [2.75, 3.05) is 11.9 Å². The fourth-order valence-electron chi connectivity index (χ4n) is 2.78. The molecule has 2 aromatic heterocycles. The lowest BCUT2D eigenvalue weighted by atomic mass is 10.1. The molecule has 0 spiro atoms. The van der Waals surface area contributed by atoms with Crippen molar-refractivity contribution in [2.24, 2.45) is 0 Å². The summed E-state index contributed by atoms with van der Waals surface area (Å²) in [5.74, 6) is 1.10. The number of aromatic nitrogens is 1. The highest BCUT2D eigenvalue weighted by Crippen LogP contribution is 2.18. The highest BCUT2D eigenvalue weighted by atomic mass is 16.3. The highest BCUT2D eigenvalue weighted by molar-refractivity contribution is 5.92. The molecule has 6 heteroatoms. The Morgan fingerprint density at radius 1 is 1.28 bits per heavy atom. The van der Waals surface area contributed by atoms with Crippen molar-refractivity contribution in [3.8, 4) is 0 Å². The zero-order chi connectivity index (χ0) is 17.8. The van der Waals surface area contributed by atoms with E-state index in [1.165, 1.54) is 6.20 Å². The van der Waals surface area contributed by atoms with Crippen LogP contribution < -0.4 is 16.1 Å². The number of amides is 2. The van der Waals surface area contributed by atoms with E-state index in [-0.39, 0.29) is 17.0 Å². The summed E-state index contributed by atoms with van der Waals surface area (Å²) in [5.41, 5.74) is 1.80. The maximum absolute atomic E-state index is 12.5. The Morgan fingerprint density at radius 2 is 2.12 bits per heavy atom. The first-order chi connectivity index (χ1) is 12.1. The van der Waals surface area contributed by atoms with Crippen LogP contribution in [0.5, 0.6) is 0 Å². The number of aromatic amines is 1. The SMILES string of the molecule is Cc1cccc2c(=O)c(NC(=O)NCCC(C)c3ccco3)c[nH]c12. The van der Waals surface area contributed by atoms with Gasteiger partial charge >= 0.3 is 6.03 Å². The van der Waals surface area contributed by atoms with Crippen LogP contribution >= 0.6 is 0 Å². The molecule has 0 aliphatic rings. The number of nitrogens with one attached hydrogen (secondary N) is 3. The first-order valence-corrected chi connectivity index (χ1v) is 8.25. The van der Waals surface area contributed by atoms with Gasteiger partial charge in [0.2, 0.25) is 5.43 Å². The van der Waals surface area contributed by atoms with Crippen LogP contribution in [0.2, 0.25) is 0 Å². The molecular formula is C19H21N3O3. The fraction of sp³-hybridized carbons (Fsp3) is 0.263. The molecule has 0 aliphatic heterocycles. The number of carbonyl (C=O) groups is 1. The van der Waals surface area contributed by atoms with Crippen molar-refractivity contribution >= 4 is 22.6 Å². The monoisotopic (exact) mass is 339 g/mol. The molecule has 6 nitrogen and oxygen atoms in total. The van der Waals surface area contributed by atoms with Crippen LogP contribution in [0.15, 0.2) is 52.0 Å². The quantitative estimate of drug-likeness (QED) is 0.661. The number of pyridine rings is 1. The number of rotatable bonds is 5. The molecule has 0 bridgehead atoms. The van der Waals surface area contributed by atoms with E-state index in [9.17, 15) is 9.59 Å². The second-order valence-corrected chi connectivity index (χ2v) is 6.11. The Morgan fingerprint density at radius 3 is 2.88 bits per heavy atom. The van der Waals surface area contributed by atoms with Crippen LogP contribution in [0.4, 0.5) is 10.5 Å². The molecule has 1 unspecified atom stereocenters. The van der Waals surface area contributed by atoms with E-state index in [1.807, 2.05) is 38.1 Å². The number of hydrogen-bond donors (Lipinski definition) is 3. The van der Waals surface area contributed by atoms with E-state index in [2.05, 4.69) is 15.6 Å². The van der Waals surface area contributed by atoms with Gasteiger partial charge in [0.05, 0.1) is 11.8 Å². The van der Waals surface area contributed by atoms with Crippen molar-refractivity contribution in [3.05, 3.63) is 64.3 Å². The maximum Gasteiger partial charge on any atom is 0.319 e. The van der Waals surface area contributed by atoms with Crippen molar-refractivity contribution in [1.82, 2.24) is 10.3 Å². The Labute approximate surface area is 145 Å². The molecule has 130 valence electrons. The van der Waals surface area contributed by atoms with Gasteiger partial charge in [0.25, 0.3) is 0 Å². The molecule has 0 aliphatic carbocycles. The zero-order valence-electron chi connectivity index (χ0n) is 14.3. The van der Waals surface area contributed by atoms with Crippen molar-refractivity contribution in [1.29, 1.82) is 0 Å². The molecular weight excluding hydrogens is 318 g/mol. The van der Waals surface area contributed by atoms with E-state index < -0.39 is 6.03 Å². The number of hydrogen-bond acceptors (Lipinski definition) is 3. The largest absolute Gasteiger partial charge is 0.469 e. The minimum Gasteiger partial charge on any atom is -0.469 e. The van der Waals surface area contributed by atoms with Gasteiger partial charge in [0, 0.05) is 24.0 Å². The molecule has 0 fully saturated rings. The van der Waals surface area contributed by atoms with Gasteiger partial charge in [-0.05, 0) is 37.1 Å². The summed E-state index contributed by atoms with van der Waals surface area (Å²) in [6.07, 6.45) is 3.91. The van der Waals surface area contributed by atoms with E-state index in [0.717, 1.165) is 23.3 Å². The number of anilines is 1. The van der Waals surface area contributed by atoms with Gasteiger partial charge in [0.15, 0.2) is 0 Å². The summed E-state index contributed by atoms with van der Waals surface area (Å²) in [6.45, 7) is 4.45. The molecule has 0 saturated heterocycles. The fourth-order valence-corrected chi connectivity index (χ4v) is 2.78. The number of benzene rings is 1. The lowest BCUT2D eigenvalue weighted by molar-refractivity contribution is 0.251. The van der Waals surface area contributed by atoms with Gasteiger partial charge in [-0.3, -0.25) is 4.79 Å². The summed E-state index contributed by atoms with van der Waals surface area (Å²) in [7, 11) is 0. The van der Waals surface area contributed by atoms with Crippen molar-refractivity contribution in [2.45, 2.75) is 26.2 Å². The predicted molar refractivity (Wildman–Crippen MR) is 98.1 cm³/mol. The Hall–Kier alpha value is -3.02. The van der Waals surface area contributed by atoms with Gasteiger partial charge in [0.1, 0.15) is 11.4 Å². The number of furan rings is 1. The Kier molecular flexibility index (Phi) is 4.88. The Bertz CT molecular complexity index is 929. The van der Waals surface area contributed by atoms with Gasteiger partial charge in [-0.25, -0.2) is 4.79 Å². The van der Waals surface area contributed by atoms with Gasteiger partial charge in [-0.15, -0.1) is 0 Å². The minimum atomic E-state index is -0.399. The Balaban J connectivity index is 1.60. The molecule has 0 radical (unpaired) electrons. The molecule has 3 N–H and O–H groups in total. The summed E-state index contributed by atoms with van der Waals surface area (Å²) in [4.78, 5) is 27.6. The molecule has 25 heavy (non-hydrogen) atoms. The summed E-state index contributed by atoms with van der Waals surface area (Å²) >= 11 is 0. The molecule has 2 amide bonds. The number of aryl methyl sites for hydroxylation is 1. The number of H-pyrrole nitrogens is 1. The number of para-hydroxylation sites is 1. The van der Waals surface area contributed by atoms with E-state index in [4.69, 9.17) is 4.42 Å². The van der Waals surface area contributed by atoms with Crippen LogP contribution in [-0.2, 0) is 0 Å². The minimum absolute atomic E-state index is 0.198. The van der Waals surface area contributed by atoms with E-state index >= 15 is 0 Å². The first kappa shape index (κ1) is 16.8. The second-order valence-electron chi connectivity index (χ2n) is 6.11. The zero-order valence-corrected chi connectivity index (χ0v) is 14.3. The van der Waals surface area contributed by atoms with E-state index in [1.54, 1.807) is 12.3 Å². The summed E-state index contributed by atoms with van der Waals surface area (Å²) in [6, 6.07) is 8.87. The maximum atomic E-state index is 12.5. The first-order valence-electron chi connectivity index (χ1n) is 8.25. The molecule has 2 heterocycles. The third-order valence-corrected chi connectivity index (χ3v) is 4.26. The molecule has 0 saturated carbocycles. The van der Waals surface area contributed by atoms with Crippen molar-refractivity contribution in [3.63, 3.8) is 0 Å². The van der Waals surface area contributed by atoms with Crippen LogP contribution in [0.1, 0.15) is 30.6 Å². The highest BCUT2D eigenvalue weighted by Gasteiger charge is 2.11.